The molecule has 3 amide bonds. The number of likely N-dealkylation sites (tertiary alicyclic amines) is 1. The Morgan fingerprint density at radius 2 is 2.12 bits per heavy atom. The van der Waals surface area contributed by atoms with Gasteiger partial charge in [-0.15, -0.1) is 10.2 Å². The van der Waals surface area contributed by atoms with Gasteiger partial charge in [-0.1, -0.05) is 30.4 Å². The summed E-state index contributed by atoms with van der Waals surface area (Å²) >= 11 is 1.31. The van der Waals surface area contributed by atoms with Gasteiger partial charge in [0.05, 0.1) is 5.69 Å². The van der Waals surface area contributed by atoms with Gasteiger partial charge < -0.3 is 10.2 Å². The van der Waals surface area contributed by atoms with Gasteiger partial charge in [-0.05, 0) is 31.4 Å². The molecule has 132 valence electrons. The number of benzene rings is 1. The van der Waals surface area contributed by atoms with Crippen molar-refractivity contribution >= 4 is 34.1 Å². The smallest absolute Gasteiger partial charge is 0.312 e. The van der Waals surface area contributed by atoms with E-state index < -0.39 is 17.9 Å². The minimum absolute atomic E-state index is 0.0928. The maximum absolute atomic E-state index is 13.7. The molecule has 1 aliphatic rings. The third-order valence-corrected chi connectivity index (χ3v) is 4.91. The van der Waals surface area contributed by atoms with Gasteiger partial charge in [-0.25, -0.2) is 9.18 Å². The van der Waals surface area contributed by atoms with Crippen LogP contribution < -0.4 is 10.6 Å². The number of hydrogen-bond donors (Lipinski definition) is 2. The number of hydrogen-bond acceptors (Lipinski definition) is 5. The molecule has 2 heterocycles. The lowest BCUT2D eigenvalue weighted by Gasteiger charge is -2.23. The fraction of sp³-hybridized carbons (Fsp3) is 0.375. The van der Waals surface area contributed by atoms with Crippen molar-refractivity contribution in [2.45, 2.75) is 32.2 Å². The van der Waals surface area contributed by atoms with Crippen LogP contribution in [0.15, 0.2) is 24.3 Å². The molecule has 1 saturated heterocycles. The van der Waals surface area contributed by atoms with Crippen molar-refractivity contribution in [2.24, 2.45) is 0 Å². The second kappa shape index (κ2) is 7.56. The Morgan fingerprint density at radius 3 is 2.84 bits per heavy atom. The number of aryl methyl sites for hydroxylation is 1. The highest BCUT2D eigenvalue weighted by atomic mass is 32.1. The highest BCUT2D eigenvalue weighted by Crippen LogP contribution is 2.23. The molecule has 0 saturated carbocycles. The van der Waals surface area contributed by atoms with Crippen LogP contribution >= 0.6 is 11.3 Å². The fourth-order valence-corrected chi connectivity index (χ4v) is 3.35. The zero-order valence-corrected chi connectivity index (χ0v) is 14.5. The molecule has 1 fully saturated rings. The predicted octanol–water partition coefficient (Wildman–Crippen LogP) is 2.87. The van der Waals surface area contributed by atoms with E-state index in [-0.39, 0.29) is 11.6 Å². The first-order chi connectivity index (χ1) is 12.1. The van der Waals surface area contributed by atoms with Gasteiger partial charge in [-0.3, -0.25) is 10.1 Å². The van der Waals surface area contributed by atoms with Gasteiger partial charge in [0.1, 0.15) is 16.9 Å². The lowest BCUT2D eigenvalue weighted by molar-refractivity contribution is -0.119. The van der Waals surface area contributed by atoms with E-state index in [0.717, 1.165) is 11.4 Å². The van der Waals surface area contributed by atoms with E-state index in [9.17, 15) is 14.0 Å². The number of carbonyl (C=O) groups excluding carboxylic acids is 2. The predicted molar refractivity (Wildman–Crippen MR) is 93.1 cm³/mol. The average Bonchev–Trinajstić information content (AvgIpc) is 3.25. The lowest BCUT2D eigenvalue weighted by atomic mass is 10.2. The normalized spacial score (nSPS) is 16.7. The highest BCUT2D eigenvalue weighted by Gasteiger charge is 2.34. The van der Waals surface area contributed by atoms with Crippen LogP contribution in [0.3, 0.4) is 0 Å². The van der Waals surface area contributed by atoms with Crippen LogP contribution in [-0.2, 0) is 11.2 Å². The maximum Gasteiger partial charge on any atom is 0.322 e. The van der Waals surface area contributed by atoms with Crippen LogP contribution in [0.4, 0.5) is 20.0 Å². The van der Waals surface area contributed by atoms with Crippen molar-refractivity contribution in [1.29, 1.82) is 0 Å². The molecule has 0 unspecified atom stereocenters. The van der Waals surface area contributed by atoms with Crippen molar-refractivity contribution < 1.29 is 14.0 Å². The van der Waals surface area contributed by atoms with E-state index >= 15 is 0 Å². The number of nitrogens with one attached hydrogen (secondary N) is 2. The Hall–Kier alpha value is -2.55. The molecule has 0 spiro atoms. The molecule has 2 aromatic rings. The van der Waals surface area contributed by atoms with Gasteiger partial charge in [0.25, 0.3) is 0 Å². The number of amides is 3. The largest absolute Gasteiger partial charge is 0.322 e. The van der Waals surface area contributed by atoms with Crippen molar-refractivity contribution in [3.8, 4) is 0 Å². The molecule has 9 heteroatoms. The quantitative estimate of drug-likeness (QED) is 0.874. The van der Waals surface area contributed by atoms with Gasteiger partial charge in [0, 0.05) is 6.54 Å². The topological polar surface area (TPSA) is 87.2 Å². The molecular weight excluding hydrogens is 345 g/mol. The molecule has 25 heavy (non-hydrogen) atoms. The minimum Gasteiger partial charge on any atom is -0.312 e. The third kappa shape index (κ3) is 3.93. The molecule has 1 aromatic carbocycles. The van der Waals surface area contributed by atoms with Crippen LogP contribution in [0.1, 0.15) is 24.8 Å². The second-order valence-electron chi connectivity index (χ2n) is 5.61. The standard InChI is InChI=1S/C16H18FN5O2S/c1-2-13-20-21-15(25-13)19-14(23)12-8-5-9-22(12)16(24)18-11-7-4-3-6-10(11)17/h3-4,6-7,12H,2,5,8-9H2,1H3,(H,18,24)(H,19,21,23)/t12-/m1/s1. The molecule has 0 aliphatic carbocycles. The van der Waals surface area contributed by atoms with E-state index in [1.807, 2.05) is 6.92 Å². The Labute approximate surface area is 148 Å². The van der Waals surface area contributed by atoms with Crippen LogP contribution in [-0.4, -0.2) is 39.6 Å². The van der Waals surface area contributed by atoms with E-state index in [4.69, 9.17) is 0 Å². The first-order valence-corrected chi connectivity index (χ1v) is 8.85. The molecule has 0 bridgehead atoms. The number of aromatic nitrogens is 2. The summed E-state index contributed by atoms with van der Waals surface area (Å²) in [6, 6.07) is 4.82. The number of para-hydroxylation sites is 1. The SMILES string of the molecule is CCc1nnc(NC(=O)[C@H]2CCCN2C(=O)Nc2ccccc2F)s1. The highest BCUT2D eigenvalue weighted by molar-refractivity contribution is 7.15. The second-order valence-corrected chi connectivity index (χ2v) is 6.67. The lowest BCUT2D eigenvalue weighted by Crippen LogP contribution is -2.45. The van der Waals surface area contributed by atoms with E-state index in [1.54, 1.807) is 12.1 Å². The molecular formula is C16H18FN5O2S. The van der Waals surface area contributed by atoms with Crippen LogP contribution in [0, 0.1) is 5.82 Å². The zero-order valence-electron chi connectivity index (χ0n) is 13.7. The van der Waals surface area contributed by atoms with E-state index in [0.29, 0.717) is 24.5 Å². The molecule has 1 aliphatic heterocycles. The van der Waals surface area contributed by atoms with Gasteiger partial charge in [0.2, 0.25) is 11.0 Å². The van der Waals surface area contributed by atoms with Crippen molar-refractivity contribution in [3.05, 3.63) is 35.1 Å². The van der Waals surface area contributed by atoms with Gasteiger partial charge >= 0.3 is 6.03 Å². The molecule has 2 N–H and O–H groups in total. The monoisotopic (exact) mass is 363 g/mol. The molecule has 1 atom stereocenters. The summed E-state index contributed by atoms with van der Waals surface area (Å²) < 4.78 is 13.7. The summed E-state index contributed by atoms with van der Waals surface area (Å²) in [7, 11) is 0. The van der Waals surface area contributed by atoms with Crippen molar-refractivity contribution in [2.75, 3.05) is 17.2 Å². The summed E-state index contributed by atoms with van der Waals surface area (Å²) in [5, 5.41) is 14.3. The summed E-state index contributed by atoms with van der Waals surface area (Å²) in [6.45, 7) is 2.40. The third-order valence-electron chi connectivity index (χ3n) is 3.93. The minimum atomic E-state index is -0.610. The van der Waals surface area contributed by atoms with E-state index in [1.165, 1.54) is 28.4 Å². The Morgan fingerprint density at radius 1 is 1.32 bits per heavy atom. The fourth-order valence-electron chi connectivity index (χ4n) is 2.67. The molecule has 7 nitrogen and oxygen atoms in total. The first kappa shape index (κ1) is 17.3. The molecule has 1 aromatic heterocycles. The van der Waals surface area contributed by atoms with Crippen LogP contribution in [0.25, 0.3) is 0 Å². The summed E-state index contributed by atoms with van der Waals surface area (Å²) in [5.41, 5.74) is 0.0928. The number of urea groups is 1. The number of anilines is 2. The van der Waals surface area contributed by atoms with Crippen molar-refractivity contribution in [1.82, 2.24) is 15.1 Å². The molecule has 3 rings (SSSR count). The molecule has 0 radical (unpaired) electrons. The summed E-state index contributed by atoms with van der Waals surface area (Å²) in [4.78, 5) is 26.3. The van der Waals surface area contributed by atoms with Gasteiger partial charge in [0.15, 0.2) is 0 Å². The van der Waals surface area contributed by atoms with Crippen LogP contribution in [0.5, 0.6) is 0 Å². The van der Waals surface area contributed by atoms with Gasteiger partial charge in [-0.2, -0.15) is 0 Å². The number of carbonyl (C=O) groups is 2. The maximum atomic E-state index is 13.7. The van der Waals surface area contributed by atoms with Crippen molar-refractivity contribution in [3.63, 3.8) is 0 Å². The number of halogens is 1. The summed E-state index contributed by atoms with van der Waals surface area (Å²) in [5.74, 6) is -0.822. The Kier molecular flexibility index (Phi) is 5.22. The Bertz CT molecular complexity index is 781. The number of nitrogens with zero attached hydrogens (tertiary/aromatic N) is 3. The Balaban J connectivity index is 1.66. The van der Waals surface area contributed by atoms with E-state index in [2.05, 4.69) is 20.8 Å². The zero-order chi connectivity index (χ0) is 17.8. The first-order valence-electron chi connectivity index (χ1n) is 8.04. The average molecular weight is 363 g/mol. The van der Waals surface area contributed by atoms with Crippen LogP contribution in [0.2, 0.25) is 0 Å². The summed E-state index contributed by atoms with van der Waals surface area (Å²) in [6.07, 6.45) is 2.00. The number of rotatable bonds is 4.